The predicted molar refractivity (Wildman–Crippen MR) is 124 cm³/mol. The summed E-state index contributed by atoms with van der Waals surface area (Å²) in [7, 11) is 1.70. The van der Waals surface area contributed by atoms with E-state index in [9.17, 15) is 0 Å². The van der Waals surface area contributed by atoms with E-state index in [1.165, 1.54) is 5.56 Å². The van der Waals surface area contributed by atoms with E-state index >= 15 is 0 Å². The van der Waals surface area contributed by atoms with Crippen LogP contribution in [0, 0.1) is 0 Å². The van der Waals surface area contributed by atoms with Crippen LogP contribution in [0.2, 0.25) is 0 Å². The number of hydrogen-bond donors (Lipinski definition) is 3. The van der Waals surface area contributed by atoms with Crippen molar-refractivity contribution in [1.29, 1.82) is 0 Å². The highest BCUT2D eigenvalue weighted by Crippen LogP contribution is 2.25. The summed E-state index contributed by atoms with van der Waals surface area (Å²) in [4.78, 5) is 9.79. The Morgan fingerprint density at radius 2 is 2.27 bits per heavy atom. The number of nitrogens with one attached hydrogen (secondary N) is 2. The molecule has 158 valence electrons. The van der Waals surface area contributed by atoms with Crippen molar-refractivity contribution < 1.29 is 4.74 Å². The molecule has 2 aliphatic carbocycles. The van der Waals surface area contributed by atoms with Gasteiger partial charge in [0.1, 0.15) is 0 Å². The first kappa shape index (κ1) is 20.5. The van der Waals surface area contributed by atoms with E-state index in [-0.39, 0.29) is 17.5 Å². The minimum absolute atomic E-state index is 0.0247. The van der Waals surface area contributed by atoms with Crippen LogP contribution < -0.4 is 16.4 Å². The molecule has 0 radical (unpaired) electrons. The summed E-state index contributed by atoms with van der Waals surface area (Å²) in [5.41, 5.74) is 8.91. The Kier molecular flexibility index (Phi) is 6.43. The van der Waals surface area contributed by atoms with Crippen molar-refractivity contribution in [3.05, 3.63) is 65.6 Å². The molecule has 0 saturated heterocycles. The Bertz CT molecular complexity index is 933. The zero-order chi connectivity index (χ0) is 20.9. The molecule has 1 aliphatic heterocycles. The second kappa shape index (κ2) is 9.39. The van der Waals surface area contributed by atoms with Crippen molar-refractivity contribution in [2.24, 2.45) is 9.98 Å². The van der Waals surface area contributed by atoms with E-state index in [4.69, 9.17) is 32.1 Å². The Hall–Kier alpha value is -2.73. The van der Waals surface area contributed by atoms with Crippen LogP contribution >= 0.6 is 11.6 Å². The summed E-state index contributed by atoms with van der Waals surface area (Å²) in [5.74, 6) is 2.48. The van der Waals surface area contributed by atoms with Crippen LogP contribution in [0.25, 0.3) is 0 Å². The number of hydrogen-bond acceptors (Lipinski definition) is 5. The van der Waals surface area contributed by atoms with E-state index in [1.807, 2.05) is 18.2 Å². The molecule has 0 amide bonds. The molecular formula is C23H28ClN5O. The Labute approximate surface area is 182 Å². The van der Waals surface area contributed by atoms with Crippen LogP contribution in [0.5, 0.6) is 0 Å². The maximum absolute atomic E-state index is 6.60. The third-order valence-electron chi connectivity index (χ3n) is 5.54. The molecule has 3 atom stereocenters. The standard InChI is InChI=1S/C23H28ClN5O/c1-30-17-9-10-18(24)21(14-17)29-23-22(27-19-7-2-3-8-20(19)28-23)26-12-11-15-5-4-6-16(25)13-15/h2-7,9,13,18,20-21H,8,10-12,14,25H2,1H3,(H,26,27)(H,28,29)/t18?,20?,21-/m0/s1. The summed E-state index contributed by atoms with van der Waals surface area (Å²) in [6.45, 7) is 0.637. The lowest BCUT2D eigenvalue weighted by Crippen LogP contribution is -2.52. The van der Waals surface area contributed by atoms with Gasteiger partial charge in [0.25, 0.3) is 0 Å². The lowest BCUT2D eigenvalue weighted by molar-refractivity contribution is 0.256. The topological polar surface area (TPSA) is 84.0 Å². The average Bonchev–Trinajstić information content (AvgIpc) is 2.75. The summed E-state index contributed by atoms with van der Waals surface area (Å²) < 4.78 is 5.44. The largest absolute Gasteiger partial charge is 0.501 e. The molecule has 1 aromatic carbocycles. The second-order valence-corrected chi connectivity index (χ2v) is 8.27. The monoisotopic (exact) mass is 425 g/mol. The van der Waals surface area contributed by atoms with Crippen LogP contribution in [-0.2, 0) is 11.2 Å². The van der Waals surface area contributed by atoms with Gasteiger partial charge < -0.3 is 21.1 Å². The number of benzene rings is 1. The third-order valence-corrected chi connectivity index (χ3v) is 6.02. The minimum Gasteiger partial charge on any atom is -0.501 e. The first-order valence-corrected chi connectivity index (χ1v) is 10.8. The highest BCUT2D eigenvalue weighted by atomic mass is 35.5. The molecule has 0 bridgehead atoms. The molecule has 2 unspecified atom stereocenters. The molecule has 0 fully saturated rings. The molecule has 7 heteroatoms. The molecular weight excluding hydrogens is 398 g/mol. The number of nitrogen functional groups attached to an aromatic ring is 1. The fraction of sp³-hybridized carbons (Fsp3) is 0.391. The average molecular weight is 426 g/mol. The van der Waals surface area contributed by atoms with E-state index in [0.717, 1.165) is 54.5 Å². The lowest BCUT2D eigenvalue weighted by Gasteiger charge is -2.33. The highest BCUT2D eigenvalue weighted by Gasteiger charge is 2.30. The van der Waals surface area contributed by atoms with Gasteiger partial charge in [0, 0.05) is 24.4 Å². The maximum Gasteiger partial charge on any atom is 0.168 e. The first-order valence-electron chi connectivity index (χ1n) is 10.4. The number of allylic oxidation sites excluding steroid dienone is 3. The van der Waals surface area contributed by atoms with E-state index < -0.39 is 0 Å². The number of alkyl halides is 1. The molecule has 3 aliphatic rings. The number of fused-ring (bicyclic) bond motifs is 1. The van der Waals surface area contributed by atoms with Crippen LogP contribution in [0.1, 0.15) is 24.8 Å². The van der Waals surface area contributed by atoms with Crippen molar-refractivity contribution in [2.75, 3.05) is 19.4 Å². The number of aliphatic imine (C=N–C) groups is 2. The van der Waals surface area contributed by atoms with Gasteiger partial charge in [-0.1, -0.05) is 24.3 Å². The van der Waals surface area contributed by atoms with E-state index in [1.54, 1.807) is 7.11 Å². The van der Waals surface area contributed by atoms with Gasteiger partial charge >= 0.3 is 0 Å². The maximum atomic E-state index is 6.60. The van der Waals surface area contributed by atoms with Crippen LogP contribution in [0.15, 0.2) is 70.0 Å². The summed E-state index contributed by atoms with van der Waals surface area (Å²) in [6.07, 6.45) is 11.5. The van der Waals surface area contributed by atoms with Gasteiger partial charge in [0.15, 0.2) is 11.7 Å². The van der Waals surface area contributed by atoms with Crippen molar-refractivity contribution >= 4 is 29.0 Å². The molecule has 6 nitrogen and oxygen atoms in total. The molecule has 0 spiro atoms. The molecule has 30 heavy (non-hydrogen) atoms. The number of anilines is 1. The normalized spacial score (nSPS) is 26.8. The zero-order valence-corrected chi connectivity index (χ0v) is 17.9. The van der Waals surface area contributed by atoms with Crippen LogP contribution in [0.3, 0.4) is 0 Å². The van der Waals surface area contributed by atoms with Gasteiger partial charge in [-0.15, -0.1) is 11.6 Å². The van der Waals surface area contributed by atoms with E-state index in [2.05, 4.69) is 41.0 Å². The van der Waals surface area contributed by atoms with Gasteiger partial charge in [0.05, 0.1) is 30.3 Å². The van der Waals surface area contributed by atoms with Crippen LogP contribution in [-0.4, -0.2) is 42.8 Å². The number of halogens is 1. The van der Waals surface area contributed by atoms with Crippen molar-refractivity contribution in [1.82, 2.24) is 10.6 Å². The smallest absolute Gasteiger partial charge is 0.168 e. The number of nitrogens with zero attached hydrogens (tertiary/aromatic N) is 2. The predicted octanol–water partition coefficient (Wildman–Crippen LogP) is 3.31. The SMILES string of the molecule is COC1=CCC(Cl)[C@@H](NC2=NC3CC=CC=C3NC2=NCCc2cccc(N)c2)C1. The number of rotatable bonds is 5. The fourth-order valence-corrected chi connectivity index (χ4v) is 4.10. The summed E-state index contributed by atoms with van der Waals surface area (Å²) in [5, 5.41) is 7.01. The van der Waals surface area contributed by atoms with Crippen molar-refractivity contribution in [2.45, 2.75) is 43.1 Å². The lowest BCUT2D eigenvalue weighted by atomic mass is 9.99. The first-order chi connectivity index (χ1) is 14.6. The number of amidine groups is 2. The number of methoxy groups -OCH3 is 1. The quantitative estimate of drug-likeness (QED) is 0.499. The van der Waals surface area contributed by atoms with Crippen LogP contribution in [0.4, 0.5) is 5.69 Å². The molecule has 4 rings (SSSR count). The third kappa shape index (κ3) is 4.87. The molecule has 4 N–H and O–H groups in total. The zero-order valence-electron chi connectivity index (χ0n) is 17.1. The molecule has 0 saturated carbocycles. The molecule has 1 heterocycles. The number of nitrogens with two attached hydrogens (primary N) is 1. The highest BCUT2D eigenvalue weighted by molar-refractivity contribution is 6.41. The molecule has 1 aromatic rings. The van der Waals surface area contributed by atoms with Gasteiger partial charge in [-0.2, -0.15) is 0 Å². The molecule has 0 aromatic heterocycles. The van der Waals surface area contributed by atoms with Gasteiger partial charge in [-0.25, -0.2) is 0 Å². The van der Waals surface area contributed by atoms with Gasteiger partial charge in [0.2, 0.25) is 0 Å². The number of ether oxygens (including phenoxy) is 1. The van der Waals surface area contributed by atoms with Gasteiger partial charge in [-0.05, 0) is 49.1 Å². The van der Waals surface area contributed by atoms with Gasteiger partial charge in [-0.3, -0.25) is 9.98 Å². The minimum atomic E-state index is -0.0247. The Morgan fingerprint density at radius 3 is 3.10 bits per heavy atom. The second-order valence-electron chi connectivity index (χ2n) is 7.71. The van der Waals surface area contributed by atoms with Crippen molar-refractivity contribution in [3.8, 4) is 0 Å². The summed E-state index contributed by atoms with van der Waals surface area (Å²) >= 11 is 6.60. The Morgan fingerprint density at radius 1 is 1.37 bits per heavy atom. The fourth-order valence-electron chi connectivity index (χ4n) is 3.86. The Balaban J connectivity index is 1.52. The van der Waals surface area contributed by atoms with E-state index in [0.29, 0.717) is 6.54 Å². The summed E-state index contributed by atoms with van der Waals surface area (Å²) in [6, 6.07) is 8.05. The van der Waals surface area contributed by atoms with Crippen molar-refractivity contribution in [3.63, 3.8) is 0 Å².